The highest BCUT2D eigenvalue weighted by atomic mass is 35.5. The Morgan fingerprint density at radius 2 is 2.04 bits per heavy atom. The van der Waals surface area contributed by atoms with Crippen molar-refractivity contribution in [2.45, 2.75) is 43.9 Å². The average molecular weight is 380 g/mol. The average Bonchev–Trinajstić information content (AvgIpc) is 3.02. The third kappa shape index (κ3) is 3.01. The van der Waals surface area contributed by atoms with Gasteiger partial charge in [0.2, 0.25) is 5.91 Å². The molecule has 2 aromatic rings. The molecular formula is C19H26ClN3O3. The minimum atomic E-state index is -0.857. The first-order chi connectivity index (χ1) is 12.0. The molecule has 2 atom stereocenters. The second-order valence-corrected chi connectivity index (χ2v) is 7.21. The van der Waals surface area contributed by atoms with E-state index in [1.54, 1.807) is 11.8 Å². The SMILES string of the molecule is C[C@H](O)[C@@H](N)C(=O)N1CCC2(CC1)OCCc1c2[nH]c2ccccc12.Cl. The molecule has 1 aromatic carbocycles. The normalized spacial score (nSPS) is 21.1. The van der Waals surface area contributed by atoms with E-state index in [0.717, 1.165) is 24.8 Å². The first-order valence-electron chi connectivity index (χ1n) is 8.98. The van der Waals surface area contributed by atoms with Crippen LogP contribution >= 0.6 is 12.4 Å². The van der Waals surface area contributed by atoms with E-state index in [1.165, 1.54) is 16.6 Å². The molecule has 142 valence electrons. The second-order valence-electron chi connectivity index (χ2n) is 7.21. The highest BCUT2D eigenvalue weighted by Gasteiger charge is 2.44. The maximum atomic E-state index is 12.4. The van der Waals surface area contributed by atoms with Crippen molar-refractivity contribution in [1.29, 1.82) is 0 Å². The van der Waals surface area contributed by atoms with Crippen molar-refractivity contribution in [3.8, 4) is 0 Å². The third-order valence-corrected chi connectivity index (χ3v) is 5.69. The highest BCUT2D eigenvalue weighted by Crippen LogP contribution is 2.43. The number of amides is 1. The zero-order valence-electron chi connectivity index (χ0n) is 14.9. The number of halogens is 1. The van der Waals surface area contributed by atoms with E-state index >= 15 is 0 Å². The van der Waals surface area contributed by atoms with Crippen molar-refractivity contribution in [2.75, 3.05) is 19.7 Å². The Morgan fingerprint density at radius 3 is 2.73 bits per heavy atom. The lowest BCUT2D eigenvalue weighted by Crippen LogP contribution is -2.54. The van der Waals surface area contributed by atoms with E-state index in [2.05, 4.69) is 23.2 Å². The van der Waals surface area contributed by atoms with Gasteiger partial charge in [-0.1, -0.05) is 18.2 Å². The van der Waals surface area contributed by atoms with Gasteiger partial charge in [-0.2, -0.15) is 0 Å². The number of hydrogen-bond donors (Lipinski definition) is 3. The lowest BCUT2D eigenvalue weighted by atomic mass is 9.83. The molecule has 26 heavy (non-hydrogen) atoms. The van der Waals surface area contributed by atoms with Crippen molar-refractivity contribution in [3.63, 3.8) is 0 Å². The number of aromatic amines is 1. The number of carbonyl (C=O) groups is 1. The molecule has 4 N–H and O–H groups in total. The van der Waals surface area contributed by atoms with E-state index in [9.17, 15) is 9.90 Å². The number of likely N-dealkylation sites (tertiary alicyclic amines) is 1. The van der Waals surface area contributed by atoms with Crippen LogP contribution in [0.4, 0.5) is 0 Å². The van der Waals surface area contributed by atoms with Crippen LogP contribution in [0.3, 0.4) is 0 Å². The monoisotopic (exact) mass is 379 g/mol. The van der Waals surface area contributed by atoms with Gasteiger partial charge < -0.3 is 25.5 Å². The van der Waals surface area contributed by atoms with Crippen LogP contribution < -0.4 is 5.73 Å². The number of ether oxygens (including phenoxy) is 1. The van der Waals surface area contributed by atoms with Crippen LogP contribution in [-0.4, -0.2) is 52.7 Å². The van der Waals surface area contributed by atoms with Crippen LogP contribution in [0.15, 0.2) is 24.3 Å². The number of hydrogen-bond acceptors (Lipinski definition) is 4. The zero-order valence-corrected chi connectivity index (χ0v) is 15.7. The molecule has 1 fully saturated rings. The van der Waals surface area contributed by atoms with Crippen LogP contribution in [0.25, 0.3) is 10.9 Å². The summed E-state index contributed by atoms with van der Waals surface area (Å²) in [6.07, 6.45) is 1.56. The molecule has 0 aliphatic carbocycles. The number of aliphatic hydroxyl groups is 1. The summed E-state index contributed by atoms with van der Waals surface area (Å²) < 4.78 is 6.25. The molecule has 1 spiro atoms. The number of piperidine rings is 1. The maximum absolute atomic E-state index is 12.4. The molecule has 1 saturated heterocycles. The predicted octanol–water partition coefficient (Wildman–Crippen LogP) is 1.69. The van der Waals surface area contributed by atoms with Gasteiger partial charge in [0.1, 0.15) is 11.6 Å². The zero-order chi connectivity index (χ0) is 17.6. The van der Waals surface area contributed by atoms with E-state index in [0.29, 0.717) is 19.7 Å². The molecule has 2 aliphatic heterocycles. The Morgan fingerprint density at radius 1 is 1.35 bits per heavy atom. The topological polar surface area (TPSA) is 91.6 Å². The number of carbonyl (C=O) groups excluding carboxylic acids is 1. The molecule has 4 rings (SSSR count). The van der Waals surface area contributed by atoms with Crippen molar-refractivity contribution in [2.24, 2.45) is 5.73 Å². The van der Waals surface area contributed by atoms with Crippen molar-refractivity contribution in [3.05, 3.63) is 35.5 Å². The van der Waals surface area contributed by atoms with Gasteiger partial charge in [0.25, 0.3) is 0 Å². The molecule has 3 heterocycles. The molecule has 6 nitrogen and oxygen atoms in total. The van der Waals surface area contributed by atoms with E-state index in [1.807, 2.05) is 6.07 Å². The Hall–Kier alpha value is -1.60. The molecule has 0 unspecified atom stereocenters. The fraction of sp³-hybridized carbons (Fsp3) is 0.526. The van der Waals surface area contributed by atoms with Gasteiger partial charge in [-0.05, 0) is 37.8 Å². The molecule has 1 amide bonds. The van der Waals surface area contributed by atoms with Crippen molar-refractivity contribution < 1.29 is 14.6 Å². The van der Waals surface area contributed by atoms with Gasteiger partial charge in [-0.3, -0.25) is 4.79 Å². The largest absolute Gasteiger partial charge is 0.391 e. The molecule has 0 bridgehead atoms. The van der Waals surface area contributed by atoms with Crippen LogP contribution in [-0.2, 0) is 21.6 Å². The summed E-state index contributed by atoms with van der Waals surface area (Å²) in [5, 5.41) is 10.8. The number of nitrogens with zero attached hydrogens (tertiary/aromatic N) is 1. The van der Waals surface area contributed by atoms with E-state index in [4.69, 9.17) is 10.5 Å². The van der Waals surface area contributed by atoms with Gasteiger partial charge in [0.15, 0.2) is 0 Å². The fourth-order valence-electron chi connectivity index (χ4n) is 4.17. The maximum Gasteiger partial charge on any atom is 0.242 e. The Balaban J connectivity index is 0.00000196. The number of nitrogens with two attached hydrogens (primary N) is 1. The molecular weight excluding hydrogens is 354 g/mol. The minimum Gasteiger partial charge on any atom is -0.391 e. The van der Waals surface area contributed by atoms with Gasteiger partial charge in [0.05, 0.1) is 18.4 Å². The standard InChI is InChI=1S/C19H25N3O3.ClH/c1-12(23)16(20)18(24)22-9-7-19(8-10-22)17-14(6-11-25-19)13-4-2-3-5-15(13)21-17;/h2-5,12,16,21,23H,6-11,20H2,1H3;1H/t12-,16+;/m0./s1. The number of aromatic nitrogens is 1. The fourth-order valence-corrected chi connectivity index (χ4v) is 4.17. The summed E-state index contributed by atoms with van der Waals surface area (Å²) in [5.41, 5.74) is 9.13. The van der Waals surface area contributed by atoms with Gasteiger partial charge in [0, 0.05) is 24.0 Å². The number of aliphatic hydroxyl groups excluding tert-OH is 1. The number of benzene rings is 1. The summed E-state index contributed by atoms with van der Waals surface area (Å²) >= 11 is 0. The summed E-state index contributed by atoms with van der Waals surface area (Å²) in [7, 11) is 0. The number of nitrogens with one attached hydrogen (secondary N) is 1. The van der Waals surface area contributed by atoms with E-state index < -0.39 is 12.1 Å². The van der Waals surface area contributed by atoms with Crippen LogP contribution in [0.5, 0.6) is 0 Å². The van der Waals surface area contributed by atoms with Crippen molar-refractivity contribution >= 4 is 29.2 Å². The molecule has 0 saturated carbocycles. The van der Waals surface area contributed by atoms with Crippen molar-refractivity contribution in [1.82, 2.24) is 9.88 Å². The Bertz CT molecular complexity index is 796. The molecule has 2 aliphatic rings. The molecule has 7 heteroatoms. The number of fused-ring (bicyclic) bond motifs is 4. The number of rotatable bonds is 2. The Kier molecular flexibility index (Phi) is 5.30. The predicted molar refractivity (Wildman–Crippen MR) is 102 cm³/mol. The van der Waals surface area contributed by atoms with Crippen LogP contribution in [0.2, 0.25) is 0 Å². The lowest BCUT2D eigenvalue weighted by Gasteiger charge is -2.44. The number of para-hydroxylation sites is 1. The van der Waals surface area contributed by atoms with Gasteiger partial charge >= 0.3 is 0 Å². The quantitative estimate of drug-likeness (QED) is 0.740. The highest BCUT2D eigenvalue weighted by molar-refractivity contribution is 5.86. The Labute approximate surface area is 159 Å². The minimum absolute atomic E-state index is 0. The third-order valence-electron chi connectivity index (χ3n) is 5.69. The second kappa shape index (κ2) is 7.19. The summed E-state index contributed by atoms with van der Waals surface area (Å²) in [4.78, 5) is 17.7. The van der Waals surface area contributed by atoms with Gasteiger partial charge in [-0.25, -0.2) is 0 Å². The summed E-state index contributed by atoms with van der Waals surface area (Å²) in [6.45, 7) is 3.44. The van der Waals surface area contributed by atoms with E-state index in [-0.39, 0.29) is 23.9 Å². The van der Waals surface area contributed by atoms with Gasteiger partial charge in [-0.15, -0.1) is 12.4 Å². The van der Waals surface area contributed by atoms with Crippen LogP contribution in [0.1, 0.15) is 31.0 Å². The summed E-state index contributed by atoms with van der Waals surface area (Å²) in [6, 6.07) is 7.50. The smallest absolute Gasteiger partial charge is 0.242 e. The lowest BCUT2D eigenvalue weighted by molar-refractivity contribution is -0.144. The molecule has 1 aromatic heterocycles. The first kappa shape index (κ1) is 19.2. The van der Waals surface area contributed by atoms with Crippen LogP contribution in [0, 0.1) is 0 Å². The molecule has 0 radical (unpaired) electrons. The first-order valence-corrected chi connectivity index (χ1v) is 8.98. The number of H-pyrrole nitrogens is 1. The summed E-state index contributed by atoms with van der Waals surface area (Å²) in [5.74, 6) is -0.183.